The lowest BCUT2D eigenvalue weighted by atomic mass is 9.93. The lowest BCUT2D eigenvalue weighted by Crippen LogP contribution is -2.42. The number of hydrogen-bond acceptors (Lipinski definition) is 8. The van der Waals surface area contributed by atoms with Gasteiger partial charge < -0.3 is 29.0 Å². The van der Waals surface area contributed by atoms with Gasteiger partial charge in [0.2, 0.25) is 0 Å². The van der Waals surface area contributed by atoms with Gasteiger partial charge in [0.05, 0.1) is 45.7 Å². The monoisotopic (exact) mass is 510 g/mol. The number of aliphatic hydroxyl groups is 1. The van der Waals surface area contributed by atoms with E-state index in [-0.39, 0.29) is 11.3 Å². The molecule has 198 valence electrons. The molecule has 0 bridgehead atoms. The van der Waals surface area contributed by atoms with Crippen LogP contribution in [0.25, 0.3) is 5.76 Å². The largest absolute Gasteiger partial charge is 0.507 e. The number of ether oxygens (including phenoxy) is 4. The molecule has 1 N–H and O–H groups in total. The molecular formula is C28H34N2O7. The summed E-state index contributed by atoms with van der Waals surface area (Å²) >= 11 is 0. The van der Waals surface area contributed by atoms with E-state index >= 15 is 0 Å². The molecule has 1 atom stereocenters. The SMILES string of the molecule is CCOc1ccc(C(O)=C2C(=O)C(=O)N(CCN3CCOCC3)[C@@H]2c2ccc(OC)c(OC)c2)c(C)c1. The first kappa shape index (κ1) is 26.5. The molecule has 0 radical (unpaired) electrons. The lowest BCUT2D eigenvalue weighted by molar-refractivity contribution is -0.140. The second-order valence-electron chi connectivity index (χ2n) is 8.97. The van der Waals surface area contributed by atoms with Crippen LogP contribution < -0.4 is 14.2 Å². The molecule has 0 aromatic heterocycles. The number of carbonyl (C=O) groups excluding carboxylic acids is 2. The van der Waals surface area contributed by atoms with Gasteiger partial charge in [-0.15, -0.1) is 0 Å². The molecule has 1 amide bonds. The van der Waals surface area contributed by atoms with Crippen LogP contribution in [-0.2, 0) is 14.3 Å². The van der Waals surface area contributed by atoms with Gasteiger partial charge in [0.1, 0.15) is 11.5 Å². The van der Waals surface area contributed by atoms with Crippen LogP contribution in [0.3, 0.4) is 0 Å². The van der Waals surface area contributed by atoms with Crippen LogP contribution in [-0.4, -0.2) is 86.8 Å². The fraction of sp³-hybridized carbons (Fsp3) is 0.429. The molecule has 2 saturated heterocycles. The van der Waals surface area contributed by atoms with Crippen LogP contribution in [0.1, 0.15) is 29.7 Å². The van der Waals surface area contributed by atoms with Gasteiger partial charge in [0.25, 0.3) is 11.7 Å². The zero-order chi connectivity index (χ0) is 26.5. The van der Waals surface area contributed by atoms with Gasteiger partial charge in [-0.05, 0) is 55.3 Å². The van der Waals surface area contributed by atoms with Crippen LogP contribution in [0.2, 0.25) is 0 Å². The molecule has 0 spiro atoms. The number of nitrogens with zero attached hydrogens (tertiary/aromatic N) is 2. The molecule has 2 aromatic carbocycles. The summed E-state index contributed by atoms with van der Waals surface area (Å²) in [5.74, 6) is 0.0899. The number of likely N-dealkylation sites (tertiary alicyclic amines) is 1. The molecule has 0 saturated carbocycles. The average molecular weight is 511 g/mol. The third-order valence-electron chi connectivity index (χ3n) is 6.79. The second-order valence-corrected chi connectivity index (χ2v) is 8.97. The van der Waals surface area contributed by atoms with E-state index in [0.29, 0.717) is 61.3 Å². The van der Waals surface area contributed by atoms with E-state index in [1.807, 2.05) is 13.8 Å². The molecule has 2 fully saturated rings. The standard InChI is InChI=1S/C28H34N2O7/c1-5-37-20-7-8-21(18(2)16-20)26(31)24-25(19-6-9-22(34-3)23(17-19)35-4)30(28(33)27(24)32)11-10-29-12-14-36-15-13-29/h6-9,16-17,25,31H,5,10-15H2,1-4H3/t25-/m1/s1. The minimum atomic E-state index is -0.785. The maximum Gasteiger partial charge on any atom is 0.295 e. The number of benzene rings is 2. The predicted octanol–water partition coefficient (Wildman–Crippen LogP) is 3.16. The number of methoxy groups -OCH3 is 2. The van der Waals surface area contributed by atoms with Crippen molar-refractivity contribution >= 4 is 17.4 Å². The second kappa shape index (κ2) is 11.7. The van der Waals surface area contributed by atoms with E-state index < -0.39 is 17.7 Å². The summed E-state index contributed by atoms with van der Waals surface area (Å²) in [5.41, 5.74) is 1.89. The van der Waals surface area contributed by atoms with Gasteiger partial charge in [0, 0.05) is 31.7 Å². The van der Waals surface area contributed by atoms with Crippen molar-refractivity contribution in [3.05, 3.63) is 58.7 Å². The maximum atomic E-state index is 13.4. The Labute approximate surface area is 217 Å². The highest BCUT2D eigenvalue weighted by molar-refractivity contribution is 6.46. The first-order valence-electron chi connectivity index (χ1n) is 12.4. The molecule has 37 heavy (non-hydrogen) atoms. The van der Waals surface area contributed by atoms with Crippen LogP contribution >= 0.6 is 0 Å². The summed E-state index contributed by atoms with van der Waals surface area (Å²) in [5, 5.41) is 11.5. The third kappa shape index (κ3) is 5.42. The van der Waals surface area contributed by atoms with Gasteiger partial charge in [-0.25, -0.2) is 0 Å². The van der Waals surface area contributed by atoms with Crippen LogP contribution in [0.5, 0.6) is 17.2 Å². The maximum absolute atomic E-state index is 13.4. The van der Waals surface area contributed by atoms with Crippen LogP contribution in [0.15, 0.2) is 42.0 Å². The van der Waals surface area contributed by atoms with Crippen molar-refractivity contribution in [2.24, 2.45) is 0 Å². The molecule has 2 aliphatic heterocycles. The molecule has 0 aliphatic carbocycles. The van der Waals surface area contributed by atoms with Crippen molar-refractivity contribution < 1.29 is 33.6 Å². The van der Waals surface area contributed by atoms with Crippen molar-refractivity contribution in [1.82, 2.24) is 9.80 Å². The van der Waals surface area contributed by atoms with Crippen molar-refractivity contribution in [2.45, 2.75) is 19.9 Å². The summed E-state index contributed by atoms with van der Waals surface area (Å²) in [6.45, 7) is 7.93. The zero-order valence-electron chi connectivity index (χ0n) is 21.8. The average Bonchev–Trinajstić information content (AvgIpc) is 3.17. The predicted molar refractivity (Wildman–Crippen MR) is 138 cm³/mol. The summed E-state index contributed by atoms with van der Waals surface area (Å²) in [6, 6.07) is 9.74. The summed E-state index contributed by atoms with van der Waals surface area (Å²) in [4.78, 5) is 30.5. The van der Waals surface area contributed by atoms with Crippen molar-refractivity contribution in [3.8, 4) is 17.2 Å². The minimum Gasteiger partial charge on any atom is -0.507 e. The molecule has 9 heteroatoms. The Morgan fingerprint density at radius 3 is 2.41 bits per heavy atom. The highest BCUT2D eigenvalue weighted by Crippen LogP contribution is 2.42. The van der Waals surface area contributed by atoms with Crippen LogP contribution in [0, 0.1) is 6.92 Å². The smallest absolute Gasteiger partial charge is 0.295 e. The lowest BCUT2D eigenvalue weighted by Gasteiger charge is -2.31. The number of aryl methyl sites for hydroxylation is 1. The molecule has 9 nitrogen and oxygen atoms in total. The van der Waals surface area contributed by atoms with E-state index in [0.717, 1.165) is 18.7 Å². The Balaban J connectivity index is 1.79. The van der Waals surface area contributed by atoms with Gasteiger partial charge in [0.15, 0.2) is 11.5 Å². The van der Waals surface area contributed by atoms with Crippen molar-refractivity contribution in [3.63, 3.8) is 0 Å². The number of morpholine rings is 1. The number of carbonyl (C=O) groups is 2. The van der Waals surface area contributed by atoms with Crippen LogP contribution in [0.4, 0.5) is 0 Å². The van der Waals surface area contributed by atoms with E-state index in [1.54, 1.807) is 43.5 Å². The molecular weight excluding hydrogens is 476 g/mol. The summed E-state index contributed by atoms with van der Waals surface area (Å²) in [7, 11) is 3.07. The third-order valence-corrected chi connectivity index (χ3v) is 6.79. The fourth-order valence-electron chi connectivity index (χ4n) is 4.86. The molecule has 2 aliphatic rings. The number of rotatable bonds is 9. The zero-order valence-corrected chi connectivity index (χ0v) is 21.8. The number of aliphatic hydroxyl groups excluding tert-OH is 1. The number of Topliss-reactive ketones (excluding diaryl/α,β-unsaturated/α-hetero) is 1. The molecule has 4 rings (SSSR count). The Hall–Kier alpha value is -3.56. The van der Waals surface area contributed by atoms with Crippen molar-refractivity contribution in [2.75, 3.05) is 60.2 Å². The number of hydrogen-bond donors (Lipinski definition) is 1. The van der Waals surface area contributed by atoms with E-state index in [9.17, 15) is 14.7 Å². The normalized spacial score (nSPS) is 19.8. The first-order valence-corrected chi connectivity index (χ1v) is 12.4. The first-order chi connectivity index (χ1) is 17.9. The van der Waals surface area contributed by atoms with Gasteiger partial charge in [-0.2, -0.15) is 0 Å². The van der Waals surface area contributed by atoms with E-state index in [2.05, 4.69) is 4.90 Å². The number of ketones is 1. The van der Waals surface area contributed by atoms with Gasteiger partial charge in [-0.3, -0.25) is 14.5 Å². The van der Waals surface area contributed by atoms with Gasteiger partial charge in [-0.1, -0.05) is 6.07 Å². The van der Waals surface area contributed by atoms with Gasteiger partial charge >= 0.3 is 0 Å². The Morgan fingerprint density at radius 1 is 1.03 bits per heavy atom. The van der Waals surface area contributed by atoms with E-state index in [1.165, 1.54) is 12.0 Å². The van der Waals surface area contributed by atoms with E-state index in [4.69, 9.17) is 18.9 Å². The number of amides is 1. The molecule has 2 heterocycles. The van der Waals surface area contributed by atoms with Crippen molar-refractivity contribution in [1.29, 1.82) is 0 Å². The molecule has 2 aromatic rings. The summed E-state index contributed by atoms with van der Waals surface area (Å²) in [6.07, 6.45) is 0. The topological polar surface area (TPSA) is 97.8 Å². The highest BCUT2D eigenvalue weighted by atomic mass is 16.5. The molecule has 0 unspecified atom stereocenters. The minimum absolute atomic E-state index is 0.0476. The Morgan fingerprint density at radius 2 is 1.76 bits per heavy atom. The quantitative estimate of drug-likeness (QED) is 0.312. The highest BCUT2D eigenvalue weighted by Gasteiger charge is 2.46. The Bertz CT molecular complexity index is 1190. The summed E-state index contributed by atoms with van der Waals surface area (Å²) < 4.78 is 21.9. The Kier molecular flexibility index (Phi) is 8.35. The fourth-order valence-corrected chi connectivity index (χ4v) is 4.86.